The highest BCUT2D eigenvalue weighted by Crippen LogP contribution is 2.48. The number of aromatic nitrogens is 1. The summed E-state index contributed by atoms with van der Waals surface area (Å²) in [5.74, 6) is 0.924. The van der Waals surface area contributed by atoms with E-state index in [0.29, 0.717) is 21.5 Å². The van der Waals surface area contributed by atoms with Crippen LogP contribution in [0.15, 0.2) is 42.5 Å². The van der Waals surface area contributed by atoms with Crippen LogP contribution >= 0.6 is 23.2 Å². The molecule has 3 aromatic carbocycles. The first-order chi connectivity index (χ1) is 15.0. The Morgan fingerprint density at radius 2 is 1.74 bits per heavy atom. The summed E-state index contributed by atoms with van der Waals surface area (Å²) >= 11 is 13.1. The molecule has 1 aliphatic rings. The summed E-state index contributed by atoms with van der Waals surface area (Å²) in [5.41, 5.74) is 5.11. The lowest BCUT2D eigenvalue weighted by Crippen LogP contribution is -2.27. The Labute approximate surface area is 191 Å². The van der Waals surface area contributed by atoms with Crippen molar-refractivity contribution in [3.8, 4) is 22.8 Å². The number of halogens is 2. The standard InChI is InChI=1S/C25H22Cl2N2O2/c1-29-11-10-16-18(13-29)23(17-12-19(26)25(31-3)22(27)24(17)30-2)28-20-9-8-14-6-4-5-7-15(14)21(16)20/h4-9,12H,10-11,13H2,1-3H3. The molecule has 0 spiro atoms. The summed E-state index contributed by atoms with van der Waals surface area (Å²) in [7, 11) is 5.28. The molecule has 0 amide bonds. The van der Waals surface area contributed by atoms with Crippen molar-refractivity contribution in [1.29, 1.82) is 0 Å². The van der Waals surface area contributed by atoms with E-state index in [1.54, 1.807) is 14.2 Å². The van der Waals surface area contributed by atoms with Gasteiger partial charge in [0.05, 0.1) is 30.5 Å². The van der Waals surface area contributed by atoms with Crippen LogP contribution in [0.4, 0.5) is 0 Å². The van der Waals surface area contributed by atoms with Crippen molar-refractivity contribution in [2.45, 2.75) is 13.0 Å². The first-order valence-electron chi connectivity index (χ1n) is 10.2. The minimum Gasteiger partial charge on any atom is -0.494 e. The van der Waals surface area contributed by atoms with Gasteiger partial charge in [-0.15, -0.1) is 0 Å². The fourth-order valence-electron chi connectivity index (χ4n) is 4.62. The predicted octanol–water partition coefficient (Wildman–Crippen LogP) is 6.37. The number of hydrogen-bond acceptors (Lipinski definition) is 4. The van der Waals surface area contributed by atoms with Crippen molar-refractivity contribution in [3.63, 3.8) is 0 Å². The topological polar surface area (TPSA) is 34.6 Å². The maximum atomic E-state index is 6.60. The second-order valence-electron chi connectivity index (χ2n) is 7.87. The maximum Gasteiger partial charge on any atom is 0.159 e. The molecule has 158 valence electrons. The maximum absolute atomic E-state index is 6.60. The quantitative estimate of drug-likeness (QED) is 0.338. The number of benzene rings is 3. The molecule has 6 heteroatoms. The number of pyridine rings is 1. The van der Waals surface area contributed by atoms with Crippen LogP contribution in [-0.2, 0) is 13.0 Å². The van der Waals surface area contributed by atoms with Crippen LogP contribution in [0.5, 0.6) is 11.5 Å². The lowest BCUT2D eigenvalue weighted by molar-refractivity contribution is 0.314. The van der Waals surface area contributed by atoms with E-state index in [9.17, 15) is 0 Å². The van der Waals surface area contributed by atoms with Crippen LogP contribution in [0.3, 0.4) is 0 Å². The zero-order valence-corrected chi connectivity index (χ0v) is 19.1. The predicted molar refractivity (Wildman–Crippen MR) is 128 cm³/mol. The third-order valence-corrected chi connectivity index (χ3v) is 6.68. The lowest BCUT2D eigenvalue weighted by atomic mass is 9.89. The molecular formula is C25H22Cl2N2O2. The Kier molecular flexibility index (Phi) is 5.17. The molecule has 31 heavy (non-hydrogen) atoms. The molecule has 0 aliphatic carbocycles. The Morgan fingerprint density at radius 1 is 0.968 bits per heavy atom. The number of hydrogen-bond donors (Lipinski definition) is 0. The van der Waals surface area contributed by atoms with Gasteiger partial charge in [0.2, 0.25) is 0 Å². The van der Waals surface area contributed by atoms with Crippen molar-refractivity contribution in [2.75, 3.05) is 27.8 Å². The molecular weight excluding hydrogens is 431 g/mol. The molecule has 0 unspecified atom stereocenters. The molecule has 1 aliphatic heterocycles. The highest BCUT2D eigenvalue weighted by Gasteiger charge is 2.27. The Bertz CT molecular complexity index is 1340. The number of ether oxygens (including phenoxy) is 2. The summed E-state index contributed by atoms with van der Waals surface area (Å²) in [6.07, 6.45) is 0.950. The van der Waals surface area contributed by atoms with Gasteiger partial charge in [0.15, 0.2) is 11.5 Å². The number of likely N-dealkylation sites (N-methyl/N-ethyl adjacent to an activating group) is 1. The van der Waals surface area contributed by atoms with E-state index in [0.717, 1.165) is 36.3 Å². The van der Waals surface area contributed by atoms with Gasteiger partial charge in [-0.2, -0.15) is 0 Å². The molecule has 0 saturated heterocycles. The second-order valence-corrected chi connectivity index (χ2v) is 8.66. The van der Waals surface area contributed by atoms with E-state index in [1.807, 2.05) is 6.07 Å². The Balaban J connectivity index is 1.90. The van der Waals surface area contributed by atoms with E-state index in [2.05, 4.69) is 48.3 Å². The van der Waals surface area contributed by atoms with Crippen LogP contribution in [0.1, 0.15) is 11.1 Å². The molecule has 0 radical (unpaired) electrons. The normalized spacial score (nSPS) is 14.1. The fraction of sp³-hybridized carbons (Fsp3) is 0.240. The first-order valence-corrected chi connectivity index (χ1v) is 10.9. The second kappa shape index (κ2) is 7.86. The van der Waals surface area contributed by atoms with Gasteiger partial charge < -0.3 is 14.4 Å². The zero-order valence-electron chi connectivity index (χ0n) is 17.6. The van der Waals surface area contributed by atoms with E-state index in [4.69, 9.17) is 37.7 Å². The van der Waals surface area contributed by atoms with Crippen molar-refractivity contribution in [1.82, 2.24) is 9.88 Å². The third-order valence-electron chi connectivity index (χ3n) is 6.06. The average Bonchev–Trinajstić information content (AvgIpc) is 2.78. The monoisotopic (exact) mass is 452 g/mol. The molecule has 0 N–H and O–H groups in total. The van der Waals surface area contributed by atoms with Gasteiger partial charge in [-0.3, -0.25) is 0 Å². The van der Waals surface area contributed by atoms with Crippen LogP contribution in [0.2, 0.25) is 10.0 Å². The van der Waals surface area contributed by atoms with Gasteiger partial charge in [0.25, 0.3) is 0 Å². The molecule has 0 saturated carbocycles. The average molecular weight is 453 g/mol. The summed E-state index contributed by atoms with van der Waals surface area (Å²) in [6, 6.07) is 14.6. The van der Waals surface area contributed by atoms with E-state index in [1.165, 1.54) is 27.3 Å². The molecule has 0 bridgehead atoms. The highest BCUT2D eigenvalue weighted by molar-refractivity contribution is 6.38. The Hall–Kier alpha value is -2.53. The minimum atomic E-state index is 0.353. The van der Waals surface area contributed by atoms with Crippen molar-refractivity contribution < 1.29 is 9.47 Å². The van der Waals surface area contributed by atoms with Crippen molar-refractivity contribution >= 4 is 44.9 Å². The number of rotatable bonds is 3. The van der Waals surface area contributed by atoms with Gasteiger partial charge in [-0.25, -0.2) is 4.98 Å². The first kappa shape index (κ1) is 20.4. The molecule has 5 rings (SSSR count). The third kappa shape index (κ3) is 3.21. The van der Waals surface area contributed by atoms with Crippen LogP contribution < -0.4 is 9.47 Å². The minimum absolute atomic E-state index is 0.353. The molecule has 4 aromatic rings. The Morgan fingerprint density at radius 3 is 2.52 bits per heavy atom. The van der Waals surface area contributed by atoms with Crippen LogP contribution in [0, 0.1) is 0 Å². The summed E-state index contributed by atoms with van der Waals surface area (Å²) in [6.45, 7) is 1.79. The van der Waals surface area contributed by atoms with Crippen LogP contribution in [-0.4, -0.2) is 37.7 Å². The van der Waals surface area contributed by atoms with Gasteiger partial charge >= 0.3 is 0 Å². The molecule has 4 nitrogen and oxygen atoms in total. The number of methoxy groups -OCH3 is 2. The van der Waals surface area contributed by atoms with Crippen molar-refractivity contribution in [2.24, 2.45) is 0 Å². The van der Waals surface area contributed by atoms with Gasteiger partial charge in [-0.1, -0.05) is 53.5 Å². The number of fused-ring (bicyclic) bond motifs is 5. The fourth-order valence-corrected chi connectivity index (χ4v) is 5.31. The van der Waals surface area contributed by atoms with Crippen LogP contribution in [0.25, 0.3) is 32.9 Å². The van der Waals surface area contributed by atoms with Gasteiger partial charge in [0, 0.05) is 24.0 Å². The van der Waals surface area contributed by atoms with E-state index >= 15 is 0 Å². The number of nitrogens with zero attached hydrogens (tertiary/aromatic N) is 2. The van der Waals surface area contributed by atoms with Gasteiger partial charge in [-0.05, 0) is 47.5 Å². The summed E-state index contributed by atoms with van der Waals surface area (Å²) in [4.78, 5) is 7.43. The van der Waals surface area contributed by atoms with Crippen molar-refractivity contribution in [3.05, 3.63) is 63.6 Å². The summed E-state index contributed by atoms with van der Waals surface area (Å²) in [5, 5.41) is 4.47. The largest absolute Gasteiger partial charge is 0.494 e. The smallest absolute Gasteiger partial charge is 0.159 e. The molecule has 0 fully saturated rings. The lowest BCUT2D eigenvalue weighted by Gasteiger charge is -2.29. The van der Waals surface area contributed by atoms with E-state index in [-0.39, 0.29) is 0 Å². The summed E-state index contributed by atoms with van der Waals surface area (Å²) < 4.78 is 11.1. The zero-order chi connectivity index (χ0) is 21.7. The molecule has 0 atom stereocenters. The van der Waals surface area contributed by atoms with E-state index < -0.39 is 0 Å². The van der Waals surface area contributed by atoms with Gasteiger partial charge in [0.1, 0.15) is 5.02 Å². The SMILES string of the molecule is COc1c(Cl)cc(-c2nc3ccc4ccccc4c3c3c2CN(C)CC3)c(OC)c1Cl. The highest BCUT2D eigenvalue weighted by atomic mass is 35.5. The molecule has 1 aromatic heterocycles. The molecule has 2 heterocycles.